The van der Waals surface area contributed by atoms with Crippen LogP contribution in [0.25, 0.3) is 0 Å². The number of hydrogen-bond donors (Lipinski definition) is 1. The smallest absolute Gasteiger partial charge is 0.214 e. The highest BCUT2D eigenvalue weighted by Crippen LogP contribution is 2.26. The molecule has 0 aliphatic carbocycles. The first-order valence-electron chi connectivity index (χ1n) is 6.16. The fraction of sp³-hybridized carbons (Fsp3) is 0.636. The Kier molecular flexibility index (Phi) is 4.33. The predicted molar refractivity (Wildman–Crippen MR) is 71.3 cm³/mol. The Morgan fingerprint density at radius 3 is 2.89 bits per heavy atom. The molecule has 1 aliphatic heterocycles. The molecule has 0 amide bonds. The molecule has 0 saturated carbocycles. The van der Waals surface area contributed by atoms with Gasteiger partial charge in [0, 0.05) is 32.5 Å². The van der Waals surface area contributed by atoms with E-state index >= 15 is 0 Å². The Hall–Kier alpha value is -1.25. The van der Waals surface area contributed by atoms with E-state index in [1.807, 2.05) is 0 Å². The minimum atomic E-state index is -3.20. The van der Waals surface area contributed by atoms with Crippen LogP contribution in [0.5, 0.6) is 0 Å². The molecular weight excluding hydrogens is 268 g/mol. The fourth-order valence-electron chi connectivity index (χ4n) is 2.00. The van der Waals surface area contributed by atoms with Gasteiger partial charge in [0.05, 0.1) is 12.4 Å². The molecule has 0 bridgehead atoms. The highest BCUT2D eigenvalue weighted by molar-refractivity contribution is 7.89. The van der Waals surface area contributed by atoms with Crippen molar-refractivity contribution in [2.24, 2.45) is 0 Å². The summed E-state index contributed by atoms with van der Waals surface area (Å²) in [5, 5.41) is 2.94. The Bertz CT molecular complexity index is 534. The summed E-state index contributed by atoms with van der Waals surface area (Å²) in [4.78, 5) is 8.40. The van der Waals surface area contributed by atoms with E-state index in [-0.39, 0.29) is 18.4 Å². The van der Waals surface area contributed by atoms with Crippen LogP contribution >= 0.6 is 0 Å². The lowest BCUT2D eigenvalue weighted by atomic mass is 10.2. The van der Waals surface area contributed by atoms with Crippen LogP contribution in [-0.4, -0.2) is 55.2 Å². The number of ether oxygens (including phenoxy) is 1. The summed E-state index contributed by atoms with van der Waals surface area (Å²) in [5.74, 6) is 0.710. The monoisotopic (exact) mass is 286 g/mol. The number of morpholine rings is 1. The van der Waals surface area contributed by atoms with E-state index in [9.17, 15) is 8.42 Å². The Morgan fingerprint density at radius 2 is 2.21 bits per heavy atom. The molecule has 106 valence electrons. The molecule has 0 unspecified atom stereocenters. The second-order valence-electron chi connectivity index (χ2n) is 4.16. The third-order valence-electron chi connectivity index (χ3n) is 3.06. The van der Waals surface area contributed by atoms with Crippen molar-refractivity contribution in [3.05, 3.63) is 18.1 Å². The van der Waals surface area contributed by atoms with Gasteiger partial charge in [-0.15, -0.1) is 0 Å². The second kappa shape index (κ2) is 5.81. The standard InChI is InChI=1S/C11H18N4O3S/c1-3-19(16,17)15-6-7-18-9(8-15)10-11(12-2)14-5-4-13-10/h4-5,9H,3,6-8H2,1-2H3,(H,12,14)/t9-/m1/s1. The number of anilines is 1. The summed E-state index contributed by atoms with van der Waals surface area (Å²) in [6.07, 6.45) is 2.78. The third kappa shape index (κ3) is 3.02. The SMILES string of the molecule is CCS(=O)(=O)N1CCO[C@@H](c2nccnc2NC)C1. The molecule has 2 rings (SSSR count). The zero-order valence-electron chi connectivity index (χ0n) is 11.0. The predicted octanol–water partition coefficient (Wildman–Crippen LogP) is 0.241. The number of sulfonamides is 1. The topological polar surface area (TPSA) is 84.4 Å². The van der Waals surface area contributed by atoms with Gasteiger partial charge in [0.15, 0.2) is 0 Å². The normalized spacial score (nSPS) is 21.3. The average molecular weight is 286 g/mol. The van der Waals surface area contributed by atoms with E-state index < -0.39 is 10.0 Å². The Balaban J connectivity index is 2.22. The number of aromatic nitrogens is 2. The van der Waals surface area contributed by atoms with Gasteiger partial charge in [-0.2, -0.15) is 4.31 Å². The summed E-state index contributed by atoms with van der Waals surface area (Å²) in [6, 6.07) is 0. The molecule has 0 aromatic carbocycles. The maximum Gasteiger partial charge on any atom is 0.214 e. The first-order chi connectivity index (χ1) is 9.08. The molecular formula is C11H18N4O3S. The van der Waals surface area contributed by atoms with E-state index in [0.29, 0.717) is 24.7 Å². The van der Waals surface area contributed by atoms with Crippen molar-refractivity contribution in [1.29, 1.82) is 0 Å². The maximum atomic E-state index is 11.9. The van der Waals surface area contributed by atoms with Gasteiger partial charge in [0.2, 0.25) is 10.0 Å². The van der Waals surface area contributed by atoms with Crippen molar-refractivity contribution < 1.29 is 13.2 Å². The van der Waals surface area contributed by atoms with E-state index in [1.54, 1.807) is 26.4 Å². The summed E-state index contributed by atoms with van der Waals surface area (Å²) in [6.45, 7) is 2.68. The quantitative estimate of drug-likeness (QED) is 0.853. The zero-order chi connectivity index (χ0) is 13.9. The number of hydrogen-bond acceptors (Lipinski definition) is 6. The first kappa shape index (κ1) is 14.2. The summed E-state index contributed by atoms with van der Waals surface area (Å²) < 4.78 is 30.9. The average Bonchev–Trinajstić information content (AvgIpc) is 2.47. The van der Waals surface area contributed by atoms with Gasteiger partial charge in [-0.1, -0.05) is 0 Å². The first-order valence-corrected chi connectivity index (χ1v) is 7.77. The van der Waals surface area contributed by atoms with Crippen LogP contribution in [0.4, 0.5) is 5.82 Å². The Morgan fingerprint density at radius 1 is 1.47 bits per heavy atom. The van der Waals surface area contributed by atoms with Crippen molar-refractivity contribution in [3.8, 4) is 0 Å². The molecule has 1 aromatic rings. The van der Waals surface area contributed by atoms with Crippen molar-refractivity contribution in [2.45, 2.75) is 13.0 Å². The van der Waals surface area contributed by atoms with Gasteiger partial charge in [-0.05, 0) is 6.92 Å². The van der Waals surface area contributed by atoms with Gasteiger partial charge in [0.1, 0.15) is 17.6 Å². The Labute approximate surface area is 113 Å². The zero-order valence-corrected chi connectivity index (χ0v) is 11.9. The van der Waals surface area contributed by atoms with Crippen molar-refractivity contribution in [3.63, 3.8) is 0 Å². The summed E-state index contributed by atoms with van der Waals surface area (Å²) in [7, 11) is -1.45. The minimum absolute atomic E-state index is 0.0963. The lowest BCUT2D eigenvalue weighted by Gasteiger charge is -2.31. The molecule has 1 aromatic heterocycles. The molecule has 1 saturated heterocycles. The molecule has 1 N–H and O–H groups in total. The molecule has 19 heavy (non-hydrogen) atoms. The van der Waals surface area contributed by atoms with Crippen molar-refractivity contribution in [1.82, 2.24) is 14.3 Å². The van der Waals surface area contributed by atoms with Crippen molar-refractivity contribution in [2.75, 3.05) is 37.8 Å². The lowest BCUT2D eigenvalue weighted by molar-refractivity contribution is -0.00463. The van der Waals surface area contributed by atoms with Crippen LogP contribution in [-0.2, 0) is 14.8 Å². The van der Waals surface area contributed by atoms with Crippen LogP contribution in [0.2, 0.25) is 0 Å². The summed E-state index contributed by atoms with van der Waals surface area (Å²) in [5.41, 5.74) is 0.640. The molecule has 2 heterocycles. The minimum Gasteiger partial charge on any atom is -0.372 e. The van der Waals surface area contributed by atoms with Gasteiger partial charge in [-0.3, -0.25) is 4.98 Å². The number of nitrogens with one attached hydrogen (secondary N) is 1. The van der Waals surface area contributed by atoms with Gasteiger partial charge >= 0.3 is 0 Å². The highest BCUT2D eigenvalue weighted by Gasteiger charge is 2.31. The molecule has 0 radical (unpaired) electrons. The lowest BCUT2D eigenvalue weighted by Crippen LogP contribution is -2.43. The molecule has 0 spiro atoms. The maximum absolute atomic E-state index is 11.9. The van der Waals surface area contributed by atoms with E-state index in [2.05, 4.69) is 15.3 Å². The molecule has 1 fully saturated rings. The highest BCUT2D eigenvalue weighted by atomic mass is 32.2. The molecule has 1 atom stereocenters. The van der Waals surface area contributed by atoms with E-state index in [0.717, 1.165) is 0 Å². The van der Waals surface area contributed by atoms with Crippen LogP contribution in [0.15, 0.2) is 12.4 Å². The number of rotatable bonds is 4. The number of nitrogens with zero attached hydrogens (tertiary/aromatic N) is 3. The fourth-order valence-corrected chi connectivity index (χ4v) is 3.08. The second-order valence-corrected chi connectivity index (χ2v) is 6.42. The van der Waals surface area contributed by atoms with Gasteiger partial charge in [0.25, 0.3) is 0 Å². The van der Waals surface area contributed by atoms with Crippen LogP contribution < -0.4 is 5.32 Å². The van der Waals surface area contributed by atoms with Crippen LogP contribution in [0.1, 0.15) is 18.7 Å². The molecule has 1 aliphatic rings. The molecule has 8 heteroatoms. The van der Waals surface area contributed by atoms with Gasteiger partial charge < -0.3 is 10.1 Å². The van der Waals surface area contributed by atoms with Crippen molar-refractivity contribution >= 4 is 15.8 Å². The largest absolute Gasteiger partial charge is 0.372 e. The van der Waals surface area contributed by atoms with Crippen LogP contribution in [0, 0.1) is 0 Å². The van der Waals surface area contributed by atoms with E-state index in [1.165, 1.54) is 4.31 Å². The molecule has 7 nitrogen and oxygen atoms in total. The third-order valence-corrected chi connectivity index (χ3v) is 4.90. The summed E-state index contributed by atoms with van der Waals surface area (Å²) >= 11 is 0. The van der Waals surface area contributed by atoms with Crippen LogP contribution in [0.3, 0.4) is 0 Å². The van der Waals surface area contributed by atoms with E-state index in [4.69, 9.17) is 4.74 Å². The van der Waals surface area contributed by atoms with Gasteiger partial charge in [-0.25, -0.2) is 13.4 Å².